The number of amides is 1. The summed E-state index contributed by atoms with van der Waals surface area (Å²) < 4.78 is 5.61. The zero-order valence-electron chi connectivity index (χ0n) is 19.9. The number of fused-ring (bicyclic) bond motifs is 1. The van der Waals surface area contributed by atoms with Gasteiger partial charge >= 0.3 is 0 Å². The Morgan fingerprint density at radius 3 is 2.59 bits per heavy atom. The highest BCUT2D eigenvalue weighted by atomic mass is 16.5. The Hall–Kier alpha value is -3.44. The van der Waals surface area contributed by atoms with Gasteiger partial charge in [0.05, 0.1) is 24.9 Å². The molecule has 0 saturated carbocycles. The van der Waals surface area contributed by atoms with Crippen molar-refractivity contribution in [2.75, 3.05) is 19.7 Å². The van der Waals surface area contributed by atoms with Crippen molar-refractivity contribution in [1.29, 1.82) is 0 Å². The molecule has 0 bridgehead atoms. The standard InChI is InChI=1S/C29H31N3O2/c1-3-34-26-13-11-23(12-14-26)28-18-27(24-10-6-7-21(2)17-24)30-32(28)29(33)20-31-16-15-22-8-4-5-9-25(22)19-31/h4-14,17,28H,3,15-16,18-20H2,1-2H3. The maximum absolute atomic E-state index is 13.6. The molecule has 1 unspecified atom stereocenters. The van der Waals surface area contributed by atoms with Crippen LogP contribution in [-0.2, 0) is 17.8 Å². The Morgan fingerprint density at radius 1 is 1.03 bits per heavy atom. The molecule has 2 aliphatic heterocycles. The lowest BCUT2D eigenvalue weighted by molar-refractivity contribution is -0.134. The molecule has 0 radical (unpaired) electrons. The first-order valence-electron chi connectivity index (χ1n) is 12.1. The number of hydrazone groups is 1. The third-order valence-electron chi connectivity index (χ3n) is 6.66. The van der Waals surface area contributed by atoms with Crippen LogP contribution in [0.5, 0.6) is 5.75 Å². The van der Waals surface area contributed by atoms with Crippen molar-refractivity contribution >= 4 is 11.6 Å². The molecule has 174 valence electrons. The second kappa shape index (κ2) is 9.82. The Balaban J connectivity index is 1.39. The molecule has 0 aliphatic carbocycles. The van der Waals surface area contributed by atoms with Gasteiger partial charge in [0.1, 0.15) is 5.75 Å². The lowest BCUT2D eigenvalue weighted by atomic mass is 9.97. The predicted octanol–water partition coefficient (Wildman–Crippen LogP) is 5.13. The van der Waals surface area contributed by atoms with E-state index >= 15 is 0 Å². The Labute approximate surface area is 201 Å². The maximum Gasteiger partial charge on any atom is 0.257 e. The normalized spacial score (nSPS) is 17.9. The fraction of sp³-hybridized carbons (Fsp3) is 0.310. The highest BCUT2D eigenvalue weighted by Gasteiger charge is 2.34. The van der Waals surface area contributed by atoms with E-state index in [2.05, 4.69) is 72.5 Å². The van der Waals surface area contributed by atoms with Gasteiger partial charge in [-0.2, -0.15) is 5.10 Å². The summed E-state index contributed by atoms with van der Waals surface area (Å²) in [5.74, 6) is 0.884. The van der Waals surface area contributed by atoms with E-state index in [1.54, 1.807) is 5.01 Å². The van der Waals surface area contributed by atoms with Gasteiger partial charge in [-0.3, -0.25) is 9.69 Å². The van der Waals surface area contributed by atoms with E-state index in [9.17, 15) is 4.79 Å². The first kappa shape index (κ1) is 22.4. The number of rotatable bonds is 6. The van der Waals surface area contributed by atoms with E-state index in [4.69, 9.17) is 9.84 Å². The molecule has 0 saturated heterocycles. The molecule has 3 aromatic rings. The predicted molar refractivity (Wildman–Crippen MR) is 135 cm³/mol. The minimum absolute atomic E-state index is 0.0425. The van der Waals surface area contributed by atoms with Crippen molar-refractivity contribution in [3.8, 4) is 5.75 Å². The number of ether oxygens (including phenoxy) is 1. The van der Waals surface area contributed by atoms with E-state index in [1.807, 2.05) is 19.1 Å². The summed E-state index contributed by atoms with van der Waals surface area (Å²) in [4.78, 5) is 15.8. The molecular weight excluding hydrogens is 422 g/mol. The smallest absolute Gasteiger partial charge is 0.257 e. The topological polar surface area (TPSA) is 45.1 Å². The average Bonchev–Trinajstić information content (AvgIpc) is 3.30. The Morgan fingerprint density at radius 2 is 1.82 bits per heavy atom. The summed E-state index contributed by atoms with van der Waals surface area (Å²) in [5, 5.41) is 6.58. The van der Waals surface area contributed by atoms with Crippen LogP contribution in [0.2, 0.25) is 0 Å². The highest BCUT2D eigenvalue weighted by molar-refractivity contribution is 6.03. The summed E-state index contributed by atoms with van der Waals surface area (Å²) >= 11 is 0. The summed E-state index contributed by atoms with van der Waals surface area (Å²) in [5.41, 5.74) is 7.01. The molecule has 0 aromatic heterocycles. The monoisotopic (exact) mass is 453 g/mol. The van der Waals surface area contributed by atoms with Gasteiger partial charge in [-0.1, -0.05) is 66.2 Å². The van der Waals surface area contributed by atoms with Crippen LogP contribution in [0.4, 0.5) is 0 Å². The van der Waals surface area contributed by atoms with Gasteiger partial charge in [0.25, 0.3) is 5.91 Å². The highest BCUT2D eigenvalue weighted by Crippen LogP contribution is 2.34. The molecule has 2 heterocycles. The zero-order chi connectivity index (χ0) is 23.5. The SMILES string of the molecule is CCOc1ccc(C2CC(c3cccc(C)c3)=NN2C(=O)CN2CCc3ccccc3C2)cc1. The minimum atomic E-state index is -0.115. The second-order valence-corrected chi connectivity index (χ2v) is 9.11. The summed E-state index contributed by atoms with van der Waals surface area (Å²) in [6.45, 7) is 6.75. The number of nitrogens with zero attached hydrogens (tertiary/aromatic N) is 3. The van der Waals surface area contributed by atoms with Crippen molar-refractivity contribution in [3.63, 3.8) is 0 Å². The lowest BCUT2D eigenvalue weighted by Crippen LogP contribution is -2.40. The molecule has 1 amide bonds. The van der Waals surface area contributed by atoms with Crippen LogP contribution in [0.25, 0.3) is 0 Å². The maximum atomic E-state index is 13.6. The number of hydrogen-bond acceptors (Lipinski definition) is 4. The van der Waals surface area contributed by atoms with Crippen LogP contribution >= 0.6 is 0 Å². The van der Waals surface area contributed by atoms with Crippen molar-refractivity contribution in [1.82, 2.24) is 9.91 Å². The first-order valence-corrected chi connectivity index (χ1v) is 12.1. The van der Waals surface area contributed by atoms with Crippen LogP contribution in [0.1, 0.15) is 47.2 Å². The van der Waals surface area contributed by atoms with Crippen LogP contribution in [0.3, 0.4) is 0 Å². The molecule has 3 aromatic carbocycles. The van der Waals surface area contributed by atoms with E-state index < -0.39 is 0 Å². The largest absolute Gasteiger partial charge is 0.494 e. The van der Waals surface area contributed by atoms with E-state index in [0.717, 1.165) is 42.1 Å². The first-order chi connectivity index (χ1) is 16.6. The summed E-state index contributed by atoms with van der Waals surface area (Å²) in [6.07, 6.45) is 1.68. The molecular formula is C29H31N3O2. The summed E-state index contributed by atoms with van der Waals surface area (Å²) in [6, 6.07) is 24.8. The second-order valence-electron chi connectivity index (χ2n) is 9.11. The molecule has 1 atom stereocenters. The van der Waals surface area contributed by atoms with E-state index in [-0.39, 0.29) is 11.9 Å². The Bertz CT molecular complexity index is 1200. The molecule has 5 heteroatoms. The third-order valence-corrected chi connectivity index (χ3v) is 6.66. The molecule has 2 aliphatic rings. The van der Waals surface area contributed by atoms with Crippen LogP contribution in [-0.4, -0.2) is 41.2 Å². The minimum Gasteiger partial charge on any atom is -0.494 e. The Kier molecular flexibility index (Phi) is 6.45. The van der Waals surface area contributed by atoms with Gasteiger partial charge in [-0.25, -0.2) is 5.01 Å². The van der Waals surface area contributed by atoms with Gasteiger partial charge < -0.3 is 4.74 Å². The van der Waals surface area contributed by atoms with Crippen LogP contribution in [0, 0.1) is 6.92 Å². The number of benzene rings is 3. The van der Waals surface area contributed by atoms with Crippen LogP contribution in [0.15, 0.2) is 77.9 Å². The van der Waals surface area contributed by atoms with Gasteiger partial charge in [0.2, 0.25) is 0 Å². The summed E-state index contributed by atoms with van der Waals surface area (Å²) in [7, 11) is 0. The van der Waals surface area contributed by atoms with Crippen molar-refractivity contribution in [3.05, 3.63) is 101 Å². The fourth-order valence-corrected chi connectivity index (χ4v) is 4.90. The third kappa shape index (κ3) is 4.75. The van der Waals surface area contributed by atoms with Crippen molar-refractivity contribution in [2.24, 2.45) is 5.10 Å². The quantitative estimate of drug-likeness (QED) is 0.520. The van der Waals surface area contributed by atoms with Crippen molar-refractivity contribution < 1.29 is 9.53 Å². The number of hydrogen-bond donors (Lipinski definition) is 0. The van der Waals surface area contributed by atoms with Crippen molar-refractivity contribution in [2.45, 2.75) is 39.3 Å². The number of carbonyl (C=O) groups excluding carboxylic acids is 1. The van der Waals surface area contributed by atoms with E-state index in [0.29, 0.717) is 19.6 Å². The van der Waals surface area contributed by atoms with Gasteiger partial charge in [-0.15, -0.1) is 0 Å². The fourth-order valence-electron chi connectivity index (χ4n) is 4.90. The molecule has 5 nitrogen and oxygen atoms in total. The van der Waals surface area contributed by atoms with E-state index in [1.165, 1.54) is 16.7 Å². The zero-order valence-corrected chi connectivity index (χ0v) is 19.9. The molecule has 0 fully saturated rings. The van der Waals surface area contributed by atoms with Crippen LogP contribution < -0.4 is 4.74 Å². The molecule has 34 heavy (non-hydrogen) atoms. The molecule has 5 rings (SSSR count). The average molecular weight is 454 g/mol. The lowest BCUT2D eigenvalue weighted by Gasteiger charge is -2.30. The molecule has 0 spiro atoms. The van der Waals surface area contributed by atoms with Gasteiger partial charge in [0, 0.05) is 19.5 Å². The molecule has 0 N–H and O–H groups in total. The number of aryl methyl sites for hydroxylation is 1. The number of carbonyl (C=O) groups is 1. The van der Waals surface area contributed by atoms with Gasteiger partial charge in [0.15, 0.2) is 0 Å². The van der Waals surface area contributed by atoms with Gasteiger partial charge in [-0.05, 0) is 54.7 Å².